The molecule has 0 radical (unpaired) electrons. The van der Waals surface area contributed by atoms with E-state index in [1.54, 1.807) is 0 Å². The third kappa shape index (κ3) is 6.09. The zero-order chi connectivity index (χ0) is 19.5. The van der Waals surface area contributed by atoms with E-state index in [2.05, 4.69) is 9.44 Å². The number of hydrogen-bond acceptors (Lipinski definition) is 6. The molecule has 12 heteroatoms. The lowest BCUT2D eigenvalue weighted by molar-refractivity contribution is -0.0446. The number of nitrogens with zero attached hydrogens (tertiary/aromatic N) is 2. The first kappa shape index (κ1) is 22.0. The Hall–Kier alpha value is -0.340. The second-order valence-corrected chi connectivity index (χ2v) is 10.5. The van der Waals surface area contributed by atoms with Crippen molar-refractivity contribution in [1.82, 2.24) is 18.1 Å². The topological polar surface area (TPSA) is 117 Å². The molecule has 10 nitrogen and oxygen atoms in total. The average Bonchev–Trinajstić information content (AvgIpc) is 2.50. The molecule has 0 unspecified atom stereocenters. The Morgan fingerprint density at radius 2 is 0.962 bits per heavy atom. The van der Waals surface area contributed by atoms with Crippen molar-refractivity contribution >= 4 is 20.4 Å². The summed E-state index contributed by atoms with van der Waals surface area (Å²) in [5.74, 6) is 0. The van der Waals surface area contributed by atoms with Gasteiger partial charge in [0.2, 0.25) is 0 Å². The van der Waals surface area contributed by atoms with Crippen LogP contribution in [0.3, 0.4) is 0 Å². The van der Waals surface area contributed by atoms with Crippen molar-refractivity contribution < 1.29 is 26.3 Å². The third-order valence-electron chi connectivity index (χ3n) is 4.15. The fourth-order valence-corrected chi connectivity index (χ4v) is 5.91. The lowest BCUT2D eigenvalue weighted by atomic mass is 10.3. The minimum Gasteiger partial charge on any atom is -0.373 e. The fraction of sp³-hybridized carbons (Fsp3) is 1.00. The molecule has 2 aliphatic heterocycles. The summed E-state index contributed by atoms with van der Waals surface area (Å²) < 4.78 is 67.9. The van der Waals surface area contributed by atoms with Gasteiger partial charge in [-0.05, 0) is 27.7 Å². The van der Waals surface area contributed by atoms with Gasteiger partial charge in [-0.15, -0.1) is 0 Å². The Morgan fingerprint density at radius 3 is 1.23 bits per heavy atom. The van der Waals surface area contributed by atoms with Crippen molar-refractivity contribution in [2.75, 3.05) is 39.3 Å². The number of morpholine rings is 2. The summed E-state index contributed by atoms with van der Waals surface area (Å²) in [5.41, 5.74) is 0. The van der Waals surface area contributed by atoms with Crippen molar-refractivity contribution in [3.8, 4) is 0 Å². The van der Waals surface area contributed by atoms with Gasteiger partial charge in [-0.25, -0.2) is 9.44 Å². The fourth-order valence-electron chi connectivity index (χ4n) is 3.20. The molecule has 0 aromatic rings. The average molecular weight is 415 g/mol. The van der Waals surface area contributed by atoms with E-state index in [0.717, 1.165) is 0 Å². The van der Waals surface area contributed by atoms with Crippen LogP contribution in [0.1, 0.15) is 27.7 Å². The number of nitrogens with one attached hydrogen (secondary N) is 2. The van der Waals surface area contributed by atoms with E-state index in [1.165, 1.54) is 8.61 Å². The standard InChI is InChI=1S/C14H30N4O6S2/c1-11-7-17(8-12(2)23-11)25(19,20)15-5-6-16-26(21,22)18-9-13(3)24-14(4)10-18/h11-16H,5-10H2,1-4H3/t11-,12+,13-,14+. The van der Waals surface area contributed by atoms with Crippen LogP contribution in [0.5, 0.6) is 0 Å². The van der Waals surface area contributed by atoms with Crippen molar-refractivity contribution in [3.63, 3.8) is 0 Å². The summed E-state index contributed by atoms with van der Waals surface area (Å²) in [6.07, 6.45) is -0.725. The minimum atomic E-state index is -3.67. The summed E-state index contributed by atoms with van der Waals surface area (Å²) in [5, 5.41) is 0. The highest BCUT2D eigenvalue weighted by molar-refractivity contribution is 7.87. The lowest BCUT2D eigenvalue weighted by Crippen LogP contribution is -2.54. The van der Waals surface area contributed by atoms with Crippen LogP contribution >= 0.6 is 0 Å². The van der Waals surface area contributed by atoms with Gasteiger partial charge in [0.05, 0.1) is 24.4 Å². The van der Waals surface area contributed by atoms with E-state index < -0.39 is 20.4 Å². The molecule has 0 aromatic heterocycles. The first-order chi connectivity index (χ1) is 12.0. The highest BCUT2D eigenvalue weighted by atomic mass is 32.2. The van der Waals surface area contributed by atoms with Gasteiger partial charge >= 0.3 is 0 Å². The summed E-state index contributed by atoms with van der Waals surface area (Å²) in [6, 6.07) is 0. The Bertz CT molecular complexity index is 593. The van der Waals surface area contributed by atoms with Crippen LogP contribution < -0.4 is 9.44 Å². The van der Waals surface area contributed by atoms with E-state index in [1.807, 2.05) is 27.7 Å². The van der Waals surface area contributed by atoms with Gasteiger partial charge in [-0.2, -0.15) is 25.4 Å². The van der Waals surface area contributed by atoms with Gasteiger partial charge in [0.1, 0.15) is 0 Å². The maximum absolute atomic E-state index is 12.3. The molecule has 154 valence electrons. The molecule has 2 heterocycles. The van der Waals surface area contributed by atoms with Gasteiger partial charge < -0.3 is 9.47 Å². The molecular weight excluding hydrogens is 384 g/mol. The molecule has 4 atom stereocenters. The number of ether oxygens (including phenoxy) is 2. The van der Waals surface area contributed by atoms with E-state index >= 15 is 0 Å². The lowest BCUT2D eigenvalue weighted by Gasteiger charge is -2.35. The quantitative estimate of drug-likeness (QED) is 0.509. The van der Waals surface area contributed by atoms with Crippen LogP contribution in [0.2, 0.25) is 0 Å². The number of hydrogen-bond donors (Lipinski definition) is 2. The van der Waals surface area contributed by atoms with Crippen LogP contribution in [0.25, 0.3) is 0 Å². The molecule has 2 aliphatic rings. The Kier molecular flexibility index (Phi) is 7.41. The van der Waals surface area contributed by atoms with Crippen molar-refractivity contribution in [3.05, 3.63) is 0 Å². The summed E-state index contributed by atoms with van der Waals surface area (Å²) in [7, 11) is -7.35. The van der Waals surface area contributed by atoms with Gasteiger partial charge in [-0.3, -0.25) is 0 Å². The van der Waals surface area contributed by atoms with Gasteiger partial charge in [0, 0.05) is 39.3 Å². The SMILES string of the molecule is C[C@@H]1CN(S(=O)(=O)NCCNS(=O)(=O)N2C[C@@H](C)O[C@@H](C)C2)C[C@H](C)O1. The van der Waals surface area contributed by atoms with Gasteiger partial charge in [-0.1, -0.05) is 0 Å². The molecule has 0 saturated carbocycles. The smallest absolute Gasteiger partial charge is 0.279 e. The van der Waals surface area contributed by atoms with E-state index in [9.17, 15) is 16.8 Å². The van der Waals surface area contributed by atoms with Crippen molar-refractivity contribution in [1.29, 1.82) is 0 Å². The molecule has 26 heavy (non-hydrogen) atoms. The largest absolute Gasteiger partial charge is 0.373 e. The van der Waals surface area contributed by atoms with E-state index in [-0.39, 0.29) is 63.7 Å². The normalized spacial score (nSPS) is 32.6. The van der Waals surface area contributed by atoms with Crippen LogP contribution in [0, 0.1) is 0 Å². The molecule has 0 aliphatic carbocycles. The minimum absolute atomic E-state index is 0.0306. The summed E-state index contributed by atoms with van der Waals surface area (Å²) in [4.78, 5) is 0. The molecule has 0 aromatic carbocycles. The number of rotatable bonds is 7. The van der Waals surface area contributed by atoms with Gasteiger partial charge in [0.15, 0.2) is 0 Å². The van der Waals surface area contributed by atoms with Crippen LogP contribution in [-0.4, -0.2) is 89.1 Å². The third-order valence-corrected chi connectivity index (χ3v) is 7.24. The van der Waals surface area contributed by atoms with Gasteiger partial charge in [0.25, 0.3) is 20.4 Å². The second-order valence-electron chi connectivity index (χ2n) is 6.95. The molecule has 0 spiro atoms. The van der Waals surface area contributed by atoms with Crippen molar-refractivity contribution in [2.24, 2.45) is 0 Å². The zero-order valence-electron chi connectivity index (χ0n) is 15.7. The van der Waals surface area contributed by atoms with E-state index in [4.69, 9.17) is 9.47 Å². The van der Waals surface area contributed by atoms with Crippen molar-refractivity contribution in [2.45, 2.75) is 52.1 Å². The monoisotopic (exact) mass is 414 g/mol. The zero-order valence-corrected chi connectivity index (χ0v) is 17.3. The highest BCUT2D eigenvalue weighted by Crippen LogP contribution is 2.14. The first-order valence-corrected chi connectivity index (χ1v) is 11.7. The molecule has 2 saturated heterocycles. The maximum Gasteiger partial charge on any atom is 0.279 e. The predicted octanol–water partition coefficient (Wildman–Crippen LogP) is -1.13. The maximum atomic E-state index is 12.3. The summed E-state index contributed by atoms with van der Waals surface area (Å²) >= 11 is 0. The Morgan fingerprint density at radius 1 is 0.692 bits per heavy atom. The Balaban J connectivity index is 1.81. The molecule has 2 rings (SSSR count). The summed E-state index contributed by atoms with van der Waals surface area (Å²) in [6.45, 7) is 8.29. The van der Waals surface area contributed by atoms with Crippen LogP contribution in [-0.2, 0) is 29.9 Å². The molecule has 2 fully saturated rings. The molecule has 0 amide bonds. The van der Waals surface area contributed by atoms with Crippen LogP contribution in [0.4, 0.5) is 0 Å². The molecule has 0 bridgehead atoms. The molecule has 2 N–H and O–H groups in total. The highest BCUT2D eigenvalue weighted by Gasteiger charge is 2.32. The predicted molar refractivity (Wildman–Crippen MR) is 97.0 cm³/mol. The Labute approximate surface area is 156 Å². The van der Waals surface area contributed by atoms with Crippen LogP contribution in [0.15, 0.2) is 0 Å². The second kappa shape index (κ2) is 8.78. The molecular formula is C14H30N4O6S2. The van der Waals surface area contributed by atoms with E-state index in [0.29, 0.717) is 0 Å². The first-order valence-electron chi connectivity index (χ1n) is 8.80.